The number of hydrogen-bond donors (Lipinski definition) is 1. The van der Waals surface area contributed by atoms with Gasteiger partial charge in [-0.15, -0.1) is 0 Å². The number of nitrogens with zero attached hydrogens (tertiary/aromatic N) is 5. The second-order valence-corrected chi connectivity index (χ2v) is 7.30. The maximum atomic E-state index is 13.9. The minimum atomic E-state index is -0.389. The highest BCUT2D eigenvalue weighted by molar-refractivity contribution is 6.03. The van der Waals surface area contributed by atoms with E-state index >= 15 is 0 Å². The van der Waals surface area contributed by atoms with E-state index in [2.05, 4.69) is 15.3 Å². The normalized spacial score (nSPS) is 15.7. The molecule has 2 aliphatic heterocycles. The van der Waals surface area contributed by atoms with Crippen molar-refractivity contribution in [1.29, 1.82) is 0 Å². The predicted molar refractivity (Wildman–Crippen MR) is 117 cm³/mol. The molecular formula is C22H21FN6O3. The number of halogens is 1. The molecule has 3 aromatic rings. The summed E-state index contributed by atoms with van der Waals surface area (Å²) in [7, 11) is 0. The number of nitrogens with one attached hydrogen (secondary N) is 1. The Balaban J connectivity index is 1.58. The molecule has 0 radical (unpaired) electrons. The Labute approximate surface area is 183 Å². The SMILES string of the molecule is O=C(Nc1ccncc1)N1CCOc2c(N3CCOCC3)nc(-c3cccc(F)c3)nc21. The van der Waals surface area contributed by atoms with Crippen molar-refractivity contribution in [2.45, 2.75) is 0 Å². The summed E-state index contributed by atoms with van der Waals surface area (Å²) in [5, 5.41) is 2.86. The number of carbonyl (C=O) groups excluding carboxylic acids is 1. The van der Waals surface area contributed by atoms with Gasteiger partial charge in [0.1, 0.15) is 12.4 Å². The standard InChI is InChI=1S/C22H21FN6O3/c23-16-3-1-2-15(14-16)19-26-20(28-8-11-31-12-9-28)18-21(27-19)29(10-13-32-18)22(30)25-17-4-6-24-7-5-17/h1-7,14H,8-13H2,(H,24,25,30). The molecule has 1 saturated heterocycles. The molecule has 4 heterocycles. The van der Waals surface area contributed by atoms with Gasteiger partial charge in [-0.2, -0.15) is 0 Å². The molecule has 0 atom stereocenters. The zero-order valence-electron chi connectivity index (χ0n) is 17.2. The Hall–Kier alpha value is -3.79. The summed E-state index contributed by atoms with van der Waals surface area (Å²) in [5.41, 5.74) is 1.13. The molecule has 164 valence electrons. The van der Waals surface area contributed by atoms with Gasteiger partial charge in [0.15, 0.2) is 17.5 Å². The van der Waals surface area contributed by atoms with Crippen LogP contribution in [-0.4, -0.2) is 60.4 Å². The molecule has 2 aliphatic rings. The van der Waals surface area contributed by atoms with Crippen molar-refractivity contribution >= 4 is 23.4 Å². The summed E-state index contributed by atoms with van der Waals surface area (Å²) in [6.07, 6.45) is 3.20. The van der Waals surface area contributed by atoms with Crippen LogP contribution in [0.4, 0.5) is 26.5 Å². The average molecular weight is 436 g/mol. The summed E-state index contributed by atoms with van der Waals surface area (Å²) in [4.78, 5) is 29.9. The lowest BCUT2D eigenvalue weighted by Crippen LogP contribution is -2.43. The maximum absolute atomic E-state index is 13.9. The molecule has 32 heavy (non-hydrogen) atoms. The van der Waals surface area contributed by atoms with Crippen molar-refractivity contribution in [3.05, 3.63) is 54.6 Å². The van der Waals surface area contributed by atoms with Gasteiger partial charge in [0.2, 0.25) is 5.75 Å². The number of anilines is 3. The first-order chi connectivity index (χ1) is 15.7. The van der Waals surface area contributed by atoms with Crippen LogP contribution in [0.3, 0.4) is 0 Å². The predicted octanol–water partition coefficient (Wildman–Crippen LogP) is 2.95. The van der Waals surface area contributed by atoms with E-state index < -0.39 is 0 Å². The van der Waals surface area contributed by atoms with E-state index in [0.29, 0.717) is 73.9 Å². The van der Waals surface area contributed by atoms with Crippen molar-refractivity contribution in [2.75, 3.05) is 54.6 Å². The summed E-state index contributed by atoms with van der Waals surface area (Å²) in [5.74, 6) is 1.28. The van der Waals surface area contributed by atoms with Gasteiger partial charge in [-0.25, -0.2) is 19.2 Å². The fourth-order valence-electron chi connectivity index (χ4n) is 3.65. The highest BCUT2D eigenvalue weighted by Gasteiger charge is 2.32. The van der Waals surface area contributed by atoms with E-state index in [1.54, 1.807) is 36.7 Å². The lowest BCUT2D eigenvalue weighted by atomic mass is 10.2. The zero-order valence-corrected chi connectivity index (χ0v) is 17.2. The Morgan fingerprint density at radius 3 is 2.56 bits per heavy atom. The Morgan fingerprint density at radius 2 is 1.78 bits per heavy atom. The second-order valence-electron chi connectivity index (χ2n) is 7.30. The van der Waals surface area contributed by atoms with Crippen LogP contribution in [0.25, 0.3) is 11.4 Å². The first-order valence-electron chi connectivity index (χ1n) is 10.3. The van der Waals surface area contributed by atoms with E-state index in [0.717, 1.165) is 0 Å². The van der Waals surface area contributed by atoms with Gasteiger partial charge in [-0.3, -0.25) is 9.88 Å². The van der Waals surface area contributed by atoms with Crippen molar-refractivity contribution in [3.8, 4) is 17.1 Å². The molecule has 0 spiro atoms. The number of ether oxygens (including phenoxy) is 2. The quantitative estimate of drug-likeness (QED) is 0.675. The van der Waals surface area contributed by atoms with Crippen molar-refractivity contribution in [3.63, 3.8) is 0 Å². The van der Waals surface area contributed by atoms with Crippen LogP contribution in [0, 0.1) is 5.82 Å². The largest absolute Gasteiger partial charge is 0.485 e. The first-order valence-corrected chi connectivity index (χ1v) is 10.3. The number of pyridine rings is 1. The third-order valence-electron chi connectivity index (χ3n) is 5.22. The molecule has 1 fully saturated rings. The molecule has 0 saturated carbocycles. The smallest absolute Gasteiger partial charge is 0.327 e. The van der Waals surface area contributed by atoms with E-state index in [1.165, 1.54) is 17.0 Å². The molecule has 0 bridgehead atoms. The highest BCUT2D eigenvalue weighted by atomic mass is 19.1. The number of amides is 2. The van der Waals surface area contributed by atoms with Crippen molar-refractivity contribution in [2.24, 2.45) is 0 Å². The van der Waals surface area contributed by atoms with E-state index in [-0.39, 0.29) is 11.8 Å². The minimum Gasteiger partial charge on any atom is -0.485 e. The molecule has 1 aromatic carbocycles. The number of urea groups is 1. The van der Waals surface area contributed by atoms with Crippen LogP contribution in [0.15, 0.2) is 48.8 Å². The molecule has 10 heteroatoms. The third kappa shape index (κ3) is 4.04. The highest BCUT2D eigenvalue weighted by Crippen LogP contribution is 2.40. The molecule has 5 rings (SSSR count). The number of carbonyl (C=O) groups is 1. The van der Waals surface area contributed by atoms with E-state index in [1.807, 2.05) is 4.90 Å². The Bertz CT molecular complexity index is 1120. The topological polar surface area (TPSA) is 92.7 Å². The van der Waals surface area contributed by atoms with Crippen LogP contribution in [-0.2, 0) is 4.74 Å². The second kappa shape index (κ2) is 8.75. The van der Waals surface area contributed by atoms with Gasteiger partial charge < -0.3 is 19.7 Å². The minimum absolute atomic E-state index is 0.302. The molecule has 9 nitrogen and oxygen atoms in total. The number of fused-ring (bicyclic) bond motifs is 1. The van der Waals surface area contributed by atoms with E-state index in [9.17, 15) is 9.18 Å². The molecule has 1 N–H and O–H groups in total. The fourth-order valence-corrected chi connectivity index (χ4v) is 3.65. The molecule has 0 aliphatic carbocycles. The van der Waals surface area contributed by atoms with Crippen molar-refractivity contribution in [1.82, 2.24) is 15.0 Å². The average Bonchev–Trinajstić information content (AvgIpc) is 2.84. The molecule has 2 amide bonds. The van der Waals surface area contributed by atoms with Crippen LogP contribution in [0.5, 0.6) is 5.75 Å². The lowest BCUT2D eigenvalue weighted by molar-refractivity contribution is 0.122. The molecule has 0 unspecified atom stereocenters. The third-order valence-corrected chi connectivity index (χ3v) is 5.22. The molecular weight excluding hydrogens is 415 g/mol. The van der Waals surface area contributed by atoms with Crippen LogP contribution < -0.4 is 19.9 Å². The summed E-state index contributed by atoms with van der Waals surface area (Å²) in [6, 6.07) is 9.13. The van der Waals surface area contributed by atoms with Gasteiger partial charge in [0.25, 0.3) is 0 Å². The van der Waals surface area contributed by atoms with Gasteiger partial charge in [0.05, 0.1) is 19.8 Å². The lowest BCUT2D eigenvalue weighted by Gasteiger charge is -2.34. The van der Waals surface area contributed by atoms with Crippen LogP contribution in [0.1, 0.15) is 0 Å². The van der Waals surface area contributed by atoms with Gasteiger partial charge in [0, 0.05) is 36.7 Å². The number of benzene rings is 1. The Morgan fingerprint density at radius 1 is 1.00 bits per heavy atom. The number of aromatic nitrogens is 3. The van der Waals surface area contributed by atoms with Gasteiger partial charge >= 0.3 is 6.03 Å². The Kier molecular flexibility index (Phi) is 5.51. The number of hydrogen-bond acceptors (Lipinski definition) is 7. The summed E-state index contributed by atoms with van der Waals surface area (Å²) >= 11 is 0. The fraction of sp³-hybridized carbons (Fsp3) is 0.273. The molecule has 2 aromatic heterocycles. The van der Waals surface area contributed by atoms with Crippen LogP contribution in [0.2, 0.25) is 0 Å². The number of morpholine rings is 1. The summed E-state index contributed by atoms with van der Waals surface area (Å²) in [6.45, 7) is 2.97. The first kappa shape index (κ1) is 20.1. The van der Waals surface area contributed by atoms with Crippen molar-refractivity contribution < 1.29 is 18.7 Å². The monoisotopic (exact) mass is 436 g/mol. The van der Waals surface area contributed by atoms with E-state index in [4.69, 9.17) is 14.5 Å². The number of rotatable bonds is 3. The van der Waals surface area contributed by atoms with Crippen LogP contribution >= 0.6 is 0 Å². The van der Waals surface area contributed by atoms with Gasteiger partial charge in [-0.05, 0) is 24.3 Å². The van der Waals surface area contributed by atoms with Gasteiger partial charge in [-0.1, -0.05) is 12.1 Å². The zero-order chi connectivity index (χ0) is 21.9. The maximum Gasteiger partial charge on any atom is 0.327 e. The summed E-state index contributed by atoms with van der Waals surface area (Å²) < 4.78 is 25.3.